The van der Waals surface area contributed by atoms with Gasteiger partial charge in [0, 0.05) is 17.5 Å². The Hall–Kier alpha value is -4.15. The Balaban J connectivity index is 1.61. The summed E-state index contributed by atoms with van der Waals surface area (Å²) in [6.45, 7) is 0. The summed E-state index contributed by atoms with van der Waals surface area (Å²) in [5.41, 5.74) is 1.80. The molecular formula is C25H17ClFN3O5S. The SMILES string of the molecule is COc1cc(-c2ccc(Cl)c(F)c2)ccc1-n1c(=O)ccc2cc(S(=O)(=O)Nc3ccon3)ccc21. The first-order valence-electron chi connectivity index (χ1n) is 10.5. The molecule has 0 unspecified atom stereocenters. The van der Waals surface area contributed by atoms with Gasteiger partial charge in [-0.25, -0.2) is 12.8 Å². The molecule has 2 heterocycles. The lowest BCUT2D eigenvalue weighted by Crippen LogP contribution is -2.18. The molecule has 5 rings (SSSR count). The van der Waals surface area contributed by atoms with Crippen molar-refractivity contribution >= 4 is 38.3 Å². The predicted octanol–water partition coefficient (Wildman–Crippen LogP) is 5.25. The fourth-order valence-corrected chi connectivity index (χ4v) is 4.96. The number of nitrogens with zero attached hydrogens (tertiary/aromatic N) is 2. The molecular weight excluding hydrogens is 509 g/mol. The highest BCUT2D eigenvalue weighted by atomic mass is 35.5. The van der Waals surface area contributed by atoms with Crippen molar-refractivity contribution in [1.82, 2.24) is 9.72 Å². The number of hydrogen-bond acceptors (Lipinski definition) is 6. The van der Waals surface area contributed by atoms with E-state index in [0.29, 0.717) is 33.5 Å². The number of nitrogens with one attached hydrogen (secondary N) is 1. The molecule has 3 aromatic carbocycles. The lowest BCUT2D eigenvalue weighted by molar-refractivity contribution is 0.413. The molecule has 0 aliphatic rings. The van der Waals surface area contributed by atoms with Gasteiger partial charge in [-0.1, -0.05) is 28.9 Å². The minimum absolute atomic E-state index is 0.0160. The van der Waals surface area contributed by atoms with E-state index < -0.39 is 15.8 Å². The summed E-state index contributed by atoms with van der Waals surface area (Å²) in [4.78, 5) is 12.9. The van der Waals surface area contributed by atoms with Crippen LogP contribution >= 0.6 is 11.6 Å². The Bertz CT molecular complexity index is 1770. The van der Waals surface area contributed by atoms with Gasteiger partial charge in [0.1, 0.15) is 17.8 Å². The Kier molecular flexibility index (Phi) is 5.99. The fourth-order valence-electron chi connectivity index (χ4n) is 3.82. The van der Waals surface area contributed by atoms with Crippen LogP contribution in [0.4, 0.5) is 10.2 Å². The van der Waals surface area contributed by atoms with Crippen LogP contribution in [0.1, 0.15) is 0 Å². The minimum atomic E-state index is -3.94. The van der Waals surface area contributed by atoms with Crippen LogP contribution in [-0.4, -0.2) is 25.3 Å². The molecule has 0 fully saturated rings. The van der Waals surface area contributed by atoms with Gasteiger partial charge in [0.05, 0.1) is 28.2 Å². The Morgan fingerprint density at radius 1 is 1.00 bits per heavy atom. The fraction of sp³-hybridized carbons (Fsp3) is 0.0400. The quantitative estimate of drug-likeness (QED) is 0.325. The molecule has 0 saturated carbocycles. The van der Waals surface area contributed by atoms with E-state index >= 15 is 0 Å². The summed E-state index contributed by atoms with van der Waals surface area (Å²) in [6.07, 6.45) is 1.25. The van der Waals surface area contributed by atoms with E-state index in [4.69, 9.17) is 16.3 Å². The summed E-state index contributed by atoms with van der Waals surface area (Å²) in [5, 5.41) is 4.08. The van der Waals surface area contributed by atoms with Gasteiger partial charge in [-0.3, -0.25) is 14.1 Å². The molecule has 0 saturated heterocycles. The maximum Gasteiger partial charge on any atom is 0.263 e. The number of rotatable bonds is 6. The molecule has 0 aliphatic carbocycles. The second-order valence-corrected chi connectivity index (χ2v) is 9.82. The summed E-state index contributed by atoms with van der Waals surface area (Å²) in [6, 6.07) is 18.2. The number of ether oxygens (including phenoxy) is 1. The number of methoxy groups -OCH3 is 1. The average Bonchev–Trinajstić information content (AvgIpc) is 3.37. The molecule has 0 spiro atoms. The van der Waals surface area contributed by atoms with E-state index in [1.165, 1.54) is 60.4 Å². The maximum atomic E-state index is 14.0. The van der Waals surface area contributed by atoms with E-state index in [0.717, 1.165) is 0 Å². The molecule has 5 aromatic rings. The monoisotopic (exact) mass is 525 g/mol. The van der Waals surface area contributed by atoms with E-state index in [9.17, 15) is 17.6 Å². The number of benzene rings is 3. The average molecular weight is 526 g/mol. The summed E-state index contributed by atoms with van der Waals surface area (Å²) < 4.78 is 53.5. The van der Waals surface area contributed by atoms with Gasteiger partial charge in [0.2, 0.25) is 0 Å². The number of hydrogen-bond donors (Lipinski definition) is 1. The lowest BCUT2D eigenvalue weighted by atomic mass is 10.0. The molecule has 8 nitrogen and oxygen atoms in total. The van der Waals surface area contributed by atoms with Crippen LogP contribution in [0.3, 0.4) is 0 Å². The van der Waals surface area contributed by atoms with Gasteiger partial charge in [0.25, 0.3) is 15.6 Å². The molecule has 2 aromatic heterocycles. The van der Waals surface area contributed by atoms with E-state index in [1.54, 1.807) is 30.3 Å². The second-order valence-electron chi connectivity index (χ2n) is 7.73. The summed E-state index contributed by atoms with van der Waals surface area (Å²) in [7, 11) is -2.48. The standard InChI is InChI=1S/C25H17ClFN3O5S/c1-34-23-14-16(15-2-6-19(26)20(27)13-15)3-7-22(23)30-21-8-5-18(12-17(21)4-9-25(30)31)36(32,33)29-24-10-11-35-28-24/h2-14H,1H3,(H,28,29). The second kappa shape index (κ2) is 9.14. The summed E-state index contributed by atoms with van der Waals surface area (Å²) >= 11 is 5.79. The van der Waals surface area contributed by atoms with Crippen molar-refractivity contribution in [3.63, 3.8) is 0 Å². The highest BCUT2D eigenvalue weighted by molar-refractivity contribution is 7.92. The first-order chi connectivity index (χ1) is 17.3. The third-order valence-electron chi connectivity index (χ3n) is 5.53. The van der Waals surface area contributed by atoms with Gasteiger partial charge < -0.3 is 9.26 Å². The van der Waals surface area contributed by atoms with Gasteiger partial charge in [-0.05, 0) is 59.7 Å². The first-order valence-corrected chi connectivity index (χ1v) is 12.4. The van der Waals surface area contributed by atoms with Crippen molar-refractivity contribution in [3.8, 4) is 22.6 Å². The van der Waals surface area contributed by atoms with Crippen molar-refractivity contribution < 1.29 is 22.1 Å². The molecule has 0 bridgehead atoms. The van der Waals surface area contributed by atoms with E-state index in [2.05, 4.69) is 14.4 Å². The third kappa shape index (κ3) is 4.32. The molecule has 11 heteroatoms. The molecule has 182 valence electrons. The number of anilines is 1. The molecule has 1 N–H and O–H groups in total. The topological polar surface area (TPSA) is 103 Å². The zero-order valence-electron chi connectivity index (χ0n) is 18.6. The molecule has 0 atom stereocenters. The molecule has 0 aliphatic heterocycles. The number of fused-ring (bicyclic) bond motifs is 1. The smallest absolute Gasteiger partial charge is 0.263 e. The normalized spacial score (nSPS) is 11.5. The zero-order valence-corrected chi connectivity index (χ0v) is 20.2. The van der Waals surface area contributed by atoms with Gasteiger partial charge in [-0.2, -0.15) is 0 Å². The van der Waals surface area contributed by atoms with E-state index in [-0.39, 0.29) is 21.3 Å². The third-order valence-corrected chi connectivity index (χ3v) is 7.19. The highest BCUT2D eigenvalue weighted by Gasteiger charge is 2.18. The Morgan fingerprint density at radius 2 is 1.78 bits per heavy atom. The van der Waals surface area contributed by atoms with Crippen molar-refractivity contribution in [2.75, 3.05) is 11.8 Å². The van der Waals surface area contributed by atoms with E-state index in [1.807, 2.05) is 0 Å². The minimum Gasteiger partial charge on any atom is -0.495 e. The van der Waals surface area contributed by atoms with Crippen LogP contribution in [0.25, 0.3) is 27.7 Å². The Labute approximate surface area is 209 Å². The van der Waals surface area contributed by atoms with Gasteiger partial charge >= 0.3 is 0 Å². The highest BCUT2D eigenvalue weighted by Crippen LogP contribution is 2.32. The number of sulfonamides is 1. The number of aromatic nitrogens is 2. The Morgan fingerprint density at radius 3 is 2.50 bits per heavy atom. The van der Waals surface area contributed by atoms with Crippen LogP contribution in [0.2, 0.25) is 5.02 Å². The van der Waals surface area contributed by atoms with Crippen molar-refractivity contribution in [2.24, 2.45) is 0 Å². The summed E-state index contributed by atoms with van der Waals surface area (Å²) in [5.74, 6) is -0.140. The maximum absolute atomic E-state index is 14.0. The largest absolute Gasteiger partial charge is 0.495 e. The van der Waals surface area contributed by atoms with Crippen LogP contribution in [0.5, 0.6) is 5.75 Å². The van der Waals surface area contributed by atoms with Crippen LogP contribution in [0, 0.1) is 5.82 Å². The zero-order chi connectivity index (χ0) is 25.4. The van der Waals surface area contributed by atoms with Crippen LogP contribution in [-0.2, 0) is 10.0 Å². The lowest BCUT2D eigenvalue weighted by Gasteiger charge is -2.16. The first kappa shape index (κ1) is 23.6. The molecule has 36 heavy (non-hydrogen) atoms. The van der Waals surface area contributed by atoms with Crippen LogP contribution < -0.4 is 15.0 Å². The van der Waals surface area contributed by atoms with Crippen molar-refractivity contribution in [2.45, 2.75) is 4.90 Å². The van der Waals surface area contributed by atoms with Crippen LogP contribution in [0.15, 0.2) is 93.3 Å². The predicted molar refractivity (Wildman–Crippen MR) is 134 cm³/mol. The van der Waals surface area contributed by atoms with Gasteiger partial charge in [-0.15, -0.1) is 0 Å². The van der Waals surface area contributed by atoms with Crippen molar-refractivity contribution in [3.05, 3.63) is 100 Å². The number of halogens is 2. The van der Waals surface area contributed by atoms with Crippen molar-refractivity contribution in [1.29, 1.82) is 0 Å². The molecule has 0 radical (unpaired) electrons. The number of pyridine rings is 1. The molecule has 0 amide bonds. The van der Waals surface area contributed by atoms with Gasteiger partial charge in [0.15, 0.2) is 5.82 Å².